The fourth-order valence-electron chi connectivity index (χ4n) is 3.39. The highest BCUT2D eigenvalue weighted by molar-refractivity contribution is 7.89. The second-order valence-corrected chi connectivity index (χ2v) is 8.82. The monoisotopic (exact) mass is 399 g/mol. The summed E-state index contributed by atoms with van der Waals surface area (Å²) < 4.78 is 45.6. The third-order valence-corrected chi connectivity index (χ3v) is 6.97. The first-order valence-electron chi connectivity index (χ1n) is 9.27. The van der Waals surface area contributed by atoms with E-state index in [1.807, 2.05) is 16.7 Å². The lowest BCUT2D eigenvalue weighted by Gasteiger charge is -2.36. The first kappa shape index (κ1) is 20.2. The van der Waals surface area contributed by atoms with Gasteiger partial charge in [0.2, 0.25) is 15.9 Å². The summed E-state index contributed by atoms with van der Waals surface area (Å²) in [5, 5.41) is 0. The fraction of sp³-hybridized carbons (Fsp3) is 0.611. The number of carbonyl (C=O) groups excluding carboxylic acids is 1. The Labute approximate surface area is 159 Å². The van der Waals surface area contributed by atoms with Gasteiger partial charge < -0.3 is 9.64 Å². The zero-order valence-electron chi connectivity index (χ0n) is 15.5. The van der Waals surface area contributed by atoms with Gasteiger partial charge in [-0.2, -0.15) is 4.31 Å². The Bertz CT molecular complexity index is 766. The van der Waals surface area contributed by atoms with E-state index >= 15 is 0 Å². The fourth-order valence-corrected chi connectivity index (χ4v) is 4.84. The molecular formula is C18H26FN3O4S. The quantitative estimate of drug-likeness (QED) is 0.732. The summed E-state index contributed by atoms with van der Waals surface area (Å²) in [7, 11) is -3.71. The highest BCUT2D eigenvalue weighted by Gasteiger charge is 2.30. The van der Waals surface area contributed by atoms with Crippen molar-refractivity contribution < 1.29 is 22.3 Å². The molecule has 1 aromatic rings. The molecule has 7 nitrogen and oxygen atoms in total. The van der Waals surface area contributed by atoms with Gasteiger partial charge in [-0.3, -0.25) is 9.69 Å². The van der Waals surface area contributed by atoms with Gasteiger partial charge in [-0.1, -0.05) is 13.0 Å². The molecule has 3 rings (SSSR count). The molecule has 0 spiro atoms. The molecular weight excluding hydrogens is 373 g/mol. The van der Waals surface area contributed by atoms with Crippen molar-refractivity contribution in [3.05, 3.63) is 30.1 Å². The van der Waals surface area contributed by atoms with E-state index in [1.165, 1.54) is 22.5 Å². The number of piperazine rings is 1. The van der Waals surface area contributed by atoms with Crippen LogP contribution in [0.25, 0.3) is 0 Å². The van der Waals surface area contributed by atoms with Crippen molar-refractivity contribution in [1.29, 1.82) is 0 Å². The average Bonchev–Trinajstić information content (AvgIpc) is 2.68. The van der Waals surface area contributed by atoms with Crippen LogP contribution in [0, 0.1) is 5.82 Å². The van der Waals surface area contributed by atoms with Gasteiger partial charge >= 0.3 is 0 Å². The zero-order chi connectivity index (χ0) is 19.4. The third kappa shape index (κ3) is 4.84. The summed E-state index contributed by atoms with van der Waals surface area (Å²) in [6.07, 6.45) is 0.969. The Balaban J connectivity index is 1.53. The maximum atomic E-state index is 13.4. The lowest BCUT2D eigenvalue weighted by molar-refractivity contribution is -0.140. The number of benzene rings is 1. The van der Waals surface area contributed by atoms with Crippen LogP contribution >= 0.6 is 0 Å². The van der Waals surface area contributed by atoms with Crippen LogP contribution in [0.1, 0.15) is 13.3 Å². The van der Waals surface area contributed by atoms with E-state index in [-0.39, 0.29) is 36.5 Å². The van der Waals surface area contributed by atoms with Gasteiger partial charge in [-0.15, -0.1) is 0 Å². The van der Waals surface area contributed by atoms with Crippen LogP contribution in [0.5, 0.6) is 0 Å². The molecule has 2 heterocycles. The number of halogens is 1. The van der Waals surface area contributed by atoms with Crippen molar-refractivity contribution >= 4 is 15.9 Å². The molecule has 1 atom stereocenters. The minimum absolute atomic E-state index is 0.0362. The second kappa shape index (κ2) is 8.64. The Morgan fingerprint density at radius 1 is 1.22 bits per heavy atom. The molecule has 2 fully saturated rings. The molecule has 150 valence electrons. The molecule has 1 amide bonds. The van der Waals surface area contributed by atoms with Crippen molar-refractivity contribution in [3.8, 4) is 0 Å². The molecule has 9 heteroatoms. The SMILES string of the molecule is CCC1CN(C(=O)CN2CCN(S(=O)(=O)c3cccc(F)c3)CC2)CCO1. The summed E-state index contributed by atoms with van der Waals surface area (Å²) in [6.45, 7) is 5.61. The second-order valence-electron chi connectivity index (χ2n) is 6.88. The van der Waals surface area contributed by atoms with Crippen LogP contribution in [0.4, 0.5) is 4.39 Å². The number of rotatable bonds is 5. The Morgan fingerprint density at radius 3 is 2.63 bits per heavy atom. The van der Waals surface area contributed by atoms with Gasteiger partial charge in [0.05, 0.1) is 24.2 Å². The van der Waals surface area contributed by atoms with Crippen LogP contribution in [-0.2, 0) is 19.6 Å². The van der Waals surface area contributed by atoms with Crippen LogP contribution in [0.15, 0.2) is 29.2 Å². The standard InChI is InChI=1S/C18H26FN3O4S/c1-2-16-13-21(10-11-26-16)18(23)14-20-6-8-22(9-7-20)27(24,25)17-5-3-4-15(19)12-17/h3-5,12,16H,2,6-11,13-14H2,1H3. The van der Waals surface area contributed by atoms with E-state index < -0.39 is 15.8 Å². The Morgan fingerprint density at radius 2 is 1.96 bits per heavy atom. The number of hydrogen-bond acceptors (Lipinski definition) is 5. The molecule has 0 bridgehead atoms. The summed E-state index contributed by atoms with van der Waals surface area (Å²) in [6, 6.07) is 5.05. The third-order valence-electron chi connectivity index (χ3n) is 5.07. The molecule has 0 N–H and O–H groups in total. The molecule has 0 aromatic heterocycles. The molecule has 2 aliphatic heterocycles. The number of carbonyl (C=O) groups is 1. The lowest BCUT2D eigenvalue weighted by Crippen LogP contribution is -2.53. The van der Waals surface area contributed by atoms with E-state index in [4.69, 9.17) is 4.74 Å². The highest BCUT2D eigenvalue weighted by atomic mass is 32.2. The zero-order valence-corrected chi connectivity index (χ0v) is 16.3. The number of ether oxygens (including phenoxy) is 1. The van der Waals surface area contributed by atoms with Crippen molar-refractivity contribution in [3.63, 3.8) is 0 Å². The van der Waals surface area contributed by atoms with E-state index in [0.717, 1.165) is 12.5 Å². The maximum Gasteiger partial charge on any atom is 0.243 e. The normalized spacial score (nSPS) is 22.7. The molecule has 2 aliphatic rings. The summed E-state index contributed by atoms with van der Waals surface area (Å²) in [5.74, 6) is -0.519. The summed E-state index contributed by atoms with van der Waals surface area (Å²) in [4.78, 5) is 16.3. The Hall–Kier alpha value is -1.55. The van der Waals surface area contributed by atoms with E-state index in [0.29, 0.717) is 32.8 Å². The van der Waals surface area contributed by atoms with Gasteiger partial charge in [-0.05, 0) is 24.6 Å². The molecule has 1 unspecified atom stereocenters. The number of hydrogen-bond donors (Lipinski definition) is 0. The van der Waals surface area contributed by atoms with Crippen LogP contribution in [0.2, 0.25) is 0 Å². The number of sulfonamides is 1. The molecule has 27 heavy (non-hydrogen) atoms. The average molecular weight is 399 g/mol. The van der Waals surface area contributed by atoms with E-state index in [9.17, 15) is 17.6 Å². The lowest BCUT2D eigenvalue weighted by atomic mass is 10.2. The van der Waals surface area contributed by atoms with Crippen molar-refractivity contribution in [2.45, 2.75) is 24.3 Å². The van der Waals surface area contributed by atoms with Crippen molar-refractivity contribution in [2.75, 3.05) is 52.4 Å². The molecule has 0 saturated carbocycles. The molecule has 1 aromatic carbocycles. The van der Waals surface area contributed by atoms with Crippen molar-refractivity contribution in [1.82, 2.24) is 14.1 Å². The van der Waals surface area contributed by atoms with Crippen LogP contribution < -0.4 is 0 Å². The summed E-state index contributed by atoms with van der Waals surface area (Å²) >= 11 is 0. The minimum Gasteiger partial charge on any atom is -0.375 e. The number of morpholine rings is 1. The number of amides is 1. The molecule has 0 radical (unpaired) electrons. The maximum absolute atomic E-state index is 13.4. The smallest absolute Gasteiger partial charge is 0.243 e. The van der Waals surface area contributed by atoms with Crippen LogP contribution in [0.3, 0.4) is 0 Å². The molecule has 2 saturated heterocycles. The first-order chi connectivity index (χ1) is 12.9. The summed E-state index contributed by atoms with van der Waals surface area (Å²) in [5.41, 5.74) is 0. The first-order valence-corrected chi connectivity index (χ1v) is 10.7. The molecule has 0 aliphatic carbocycles. The largest absolute Gasteiger partial charge is 0.375 e. The van der Waals surface area contributed by atoms with Gasteiger partial charge in [0.25, 0.3) is 0 Å². The number of nitrogens with zero attached hydrogens (tertiary/aromatic N) is 3. The van der Waals surface area contributed by atoms with Gasteiger partial charge in [0.1, 0.15) is 5.82 Å². The van der Waals surface area contributed by atoms with E-state index in [2.05, 4.69) is 0 Å². The van der Waals surface area contributed by atoms with Crippen molar-refractivity contribution in [2.24, 2.45) is 0 Å². The van der Waals surface area contributed by atoms with Gasteiger partial charge in [0.15, 0.2) is 0 Å². The minimum atomic E-state index is -3.71. The van der Waals surface area contributed by atoms with E-state index in [1.54, 1.807) is 0 Å². The van der Waals surface area contributed by atoms with Gasteiger partial charge in [-0.25, -0.2) is 12.8 Å². The predicted octanol–water partition coefficient (Wildman–Crippen LogP) is 0.769. The van der Waals surface area contributed by atoms with Crippen LogP contribution in [-0.4, -0.2) is 87.0 Å². The highest BCUT2D eigenvalue weighted by Crippen LogP contribution is 2.18. The van der Waals surface area contributed by atoms with Gasteiger partial charge in [0, 0.05) is 39.3 Å². The topological polar surface area (TPSA) is 70.2 Å². The Kier molecular flexibility index (Phi) is 6.46. The predicted molar refractivity (Wildman–Crippen MR) is 98.2 cm³/mol.